The van der Waals surface area contributed by atoms with Crippen molar-refractivity contribution in [1.82, 2.24) is 4.98 Å². The Kier molecular flexibility index (Phi) is 3.46. The summed E-state index contributed by atoms with van der Waals surface area (Å²) < 4.78 is 0. The van der Waals surface area contributed by atoms with Gasteiger partial charge in [-0.3, -0.25) is 4.98 Å². The molecule has 4 heteroatoms. The third-order valence-corrected chi connectivity index (χ3v) is 2.92. The first-order valence-corrected chi connectivity index (χ1v) is 5.62. The van der Waals surface area contributed by atoms with Gasteiger partial charge in [0.25, 0.3) is 0 Å². The molecule has 2 aromatic rings. The van der Waals surface area contributed by atoms with E-state index in [4.69, 9.17) is 5.21 Å². The van der Waals surface area contributed by atoms with Gasteiger partial charge in [-0.05, 0) is 35.7 Å². The zero-order valence-electron chi connectivity index (χ0n) is 8.45. The zero-order chi connectivity index (χ0) is 11.2. The first-order chi connectivity index (χ1) is 7.90. The molecule has 2 heterocycles. The molecule has 0 radical (unpaired) electrons. The van der Waals surface area contributed by atoms with Crippen molar-refractivity contribution in [2.75, 3.05) is 0 Å². The molecule has 16 heavy (non-hydrogen) atoms. The number of rotatable bonds is 3. The van der Waals surface area contributed by atoms with Crippen LogP contribution >= 0.6 is 11.3 Å². The second-order valence-corrected chi connectivity index (χ2v) is 4.02. The fourth-order valence-electron chi connectivity index (χ4n) is 1.27. The molecular formula is C12H10N2OS. The second kappa shape index (κ2) is 5.23. The maximum atomic E-state index is 8.49. The fraction of sp³-hybridized carbons (Fsp3) is 0. The summed E-state index contributed by atoms with van der Waals surface area (Å²) in [5.41, 5.74) is 1.81. The molecule has 2 rings (SSSR count). The van der Waals surface area contributed by atoms with Crippen LogP contribution in [0.4, 0.5) is 0 Å². The molecule has 0 aliphatic carbocycles. The SMILES string of the molecule is O/N=C/c1ccsc1/C=C/c1ccccn1. The lowest BCUT2D eigenvalue weighted by Gasteiger charge is -1.91. The van der Waals surface area contributed by atoms with Gasteiger partial charge in [0.05, 0.1) is 11.9 Å². The van der Waals surface area contributed by atoms with Crippen LogP contribution in [-0.2, 0) is 0 Å². The van der Waals surface area contributed by atoms with Crippen LogP contribution in [0.25, 0.3) is 12.2 Å². The summed E-state index contributed by atoms with van der Waals surface area (Å²) in [6.45, 7) is 0. The Hall–Kier alpha value is -1.94. The predicted octanol–water partition coefficient (Wildman–Crippen LogP) is 3.12. The first-order valence-electron chi connectivity index (χ1n) is 4.74. The molecule has 80 valence electrons. The minimum absolute atomic E-state index is 0.902. The van der Waals surface area contributed by atoms with E-state index < -0.39 is 0 Å². The van der Waals surface area contributed by atoms with Crippen molar-refractivity contribution in [3.63, 3.8) is 0 Å². The Labute approximate surface area is 97.4 Å². The van der Waals surface area contributed by atoms with E-state index in [1.165, 1.54) is 6.21 Å². The highest BCUT2D eigenvalue weighted by Gasteiger charge is 1.97. The summed E-state index contributed by atoms with van der Waals surface area (Å²) in [7, 11) is 0. The predicted molar refractivity (Wildman–Crippen MR) is 66.9 cm³/mol. The Morgan fingerprint density at radius 2 is 2.19 bits per heavy atom. The highest BCUT2D eigenvalue weighted by atomic mass is 32.1. The summed E-state index contributed by atoms with van der Waals surface area (Å²) >= 11 is 1.59. The van der Waals surface area contributed by atoms with Gasteiger partial charge in [-0.25, -0.2) is 0 Å². The van der Waals surface area contributed by atoms with Crippen LogP contribution in [0.3, 0.4) is 0 Å². The van der Waals surface area contributed by atoms with Crippen molar-refractivity contribution in [3.8, 4) is 0 Å². The van der Waals surface area contributed by atoms with E-state index in [0.717, 1.165) is 16.1 Å². The van der Waals surface area contributed by atoms with Crippen molar-refractivity contribution in [3.05, 3.63) is 52.0 Å². The summed E-state index contributed by atoms with van der Waals surface area (Å²) in [5, 5.41) is 13.5. The summed E-state index contributed by atoms with van der Waals surface area (Å²) in [6.07, 6.45) is 7.07. The van der Waals surface area contributed by atoms with Crippen LogP contribution in [0.2, 0.25) is 0 Å². The van der Waals surface area contributed by atoms with Gasteiger partial charge in [-0.1, -0.05) is 11.2 Å². The monoisotopic (exact) mass is 230 g/mol. The van der Waals surface area contributed by atoms with Crippen molar-refractivity contribution in [2.45, 2.75) is 0 Å². The number of oxime groups is 1. The number of aromatic nitrogens is 1. The smallest absolute Gasteiger partial charge is 0.0748 e. The van der Waals surface area contributed by atoms with Crippen LogP contribution in [0.1, 0.15) is 16.1 Å². The molecule has 0 aliphatic rings. The minimum atomic E-state index is 0.902. The summed E-state index contributed by atoms with van der Waals surface area (Å²) in [6, 6.07) is 7.66. The number of hydrogen-bond acceptors (Lipinski definition) is 4. The number of hydrogen-bond donors (Lipinski definition) is 1. The van der Waals surface area contributed by atoms with Crippen LogP contribution in [0.5, 0.6) is 0 Å². The fourth-order valence-corrected chi connectivity index (χ4v) is 2.04. The van der Waals surface area contributed by atoms with Gasteiger partial charge in [0.2, 0.25) is 0 Å². The van der Waals surface area contributed by atoms with Gasteiger partial charge < -0.3 is 5.21 Å². The molecule has 0 saturated carbocycles. The third-order valence-electron chi connectivity index (χ3n) is 2.02. The largest absolute Gasteiger partial charge is 0.411 e. The Balaban J connectivity index is 2.21. The number of pyridine rings is 1. The lowest BCUT2D eigenvalue weighted by molar-refractivity contribution is 0.322. The van der Waals surface area contributed by atoms with Crippen LogP contribution in [-0.4, -0.2) is 16.4 Å². The van der Waals surface area contributed by atoms with E-state index >= 15 is 0 Å². The van der Waals surface area contributed by atoms with Crippen LogP contribution in [0.15, 0.2) is 41.0 Å². The molecule has 3 nitrogen and oxygen atoms in total. The molecule has 0 fully saturated rings. The molecule has 0 spiro atoms. The van der Waals surface area contributed by atoms with Crippen molar-refractivity contribution < 1.29 is 5.21 Å². The normalized spacial score (nSPS) is 11.5. The van der Waals surface area contributed by atoms with Crippen LogP contribution in [0, 0.1) is 0 Å². The van der Waals surface area contributed by atoms with E-state index in [0.29, 0.717) is 0 Å². The van der Waals surface area contributed by atoms with Gasteiger partial charge in [0, 0.05) is 16.6 Å². The summed E-state index contributed by atoms with van der Waals surface area (Å²) in [5.74, 6) is 0. The Morgan fingerprint density at radius 1 is 1.25 bits per heavy atom. The van der Waals surface area contributed by atoms with Crippen molar-refractivity contribution >= 4 is 29.7 Å². The molecule has 0 bridgehead atoms. The average Bonchev–Trinajstić information content (AvgIpc) is 2.76. The van der Waals surface area contributed by atoms with Gasteiger partial charge in [0.15, 0.2) is 0 Å². The second-order valence-electron chi connectivity index (χ2n) is 3.07. The van der Waals surface area contributed by atoms with Gasteiger partial charge >= 0.3 is 0 Å². The molecular weight excluding hydrogens is 220 g/mol. The molecule has 0 unspecified atom stereocenters. The topological polar surface area (TPSA) is 45.5 Å². The Morgan fingerprint density at radius 3 is 2.94 bits per heavy atom. The number of nitrogens with zero attached hydrogens (tertiary/aromatic N) is 2. The van der Waals surface area contributed by atoms with E-state index in [-0.39, 0.29) is 0 Å². The van der Waals surface area contributed by atoms with Crippen LogP contribution < -0.4 is 0 Å². The molecule has 1 N–H and O–H groups in total. The minimum Gasteiger partial charge on any atom is -0.411 e. The molecule has 0 aromatic carbocycles. The lowest BCUT2D eigenvalue weighted by atomic mass is 10.2. The molecule has 2 aromatic heterocycles. The van der Waals surface area contributed by atoms with Crippen molar-refractivity contribution in [2.24, 2.45) is 5.16 Å². The molecule has 0 amide bonds. The number of thiophene rings is 1. The summed E-state index contributed by atoms with van der Waals surface area (Å²) in [4.78, 5) is 5.23. The highest BCUT2D eigenvalue weighted by Crippen LogP contribution is 2.17. The van der Waals surface area contributed by atoms with Gasteiger partial charge in [0.1, 0.15) is 0 Å². The lowest BCUT2D eigenvalue weighted by Crippen LogP contribution is -1.80. The Bertz CT molecular complexity index is 503. The third kappa shape index (κ3) is 2.55. The average molecular weight is 230 g/mol. The maximum Gasteiger partial charge on any atom is 0.0748 e. The first kappa shape index (κ1) is 10.6. The van der Waals surface area contributed by atoms with E-state index in [1.807, 2.05) is 41.8 Å². The maximum absolute atomic E-state index is 8.49. The van der Waals surface area contributed by atoms with E-state index in [1.54, 1.807) is 17.5 Å². The molecule has 0 saturated heterocycles. The van der Waals surface area contributed by atoms with E-state index in [9.17, 15) is 0 Å². The van der Waals surface area contributed by atoms with E-state index in [2.05, 4.69) is 10.1 Å². The molecule has 0 aliphatic heterocycles. The van der Waals surface area contributed by atoms with Crippen molar-refractivity contribution in [1.29, 1.82) is 0 Å². The quantitative estimate of drug-likeness (QED) is 0.500. The zero-order valence-corrected chi connectivity index (χ0v) is 9.26. The highest BCUT2D eigenvalue weighted by molar-refractivity contribution is 7.11. The van der Waals surface area contributed by atoms with Gasteiger partial charge in [-0.2, -0.15) is 0 Å². The standard InChI is InChI=1S/C12H10N2OS/c15-14-9-10-6-8-16-12(10)5-4-11-3-1-2-7-13-11/h1-9,15H/b5-4+,14-9+. The molecule has 0 atom stereocenters. The van der Waals surface area contributed by atoms with Gasteiger partial charge in [-0.15, -0.1) is 11.3 Å².